The highest BCUT2D eigenvalue weighted by atomic mass is 15.0. The van der Waals surface area contributed by atoms with E-state index in [2.05, 4.69) is 139 Å². The van der Waals surface area contributed by atoms with Crippen LogP contribution in [0.2, 0.25) is 0 Å². The number of hydrogen-bond donors (Lipinski definition) is 0. The van der Waals surface area contributed by atoms with Crippen molar-refractivity contribution in [1.82, 2.24) is 4.57 Å². The molecule has 1 aromatic heterocycles. The van der Waals surface area contributed by atoms with Crippen LogP contribution in [0.1, 0.15) is 70.5 Å². The second-order valence-corrected chi connectivity index (χ2v) is 15.2. The molecule has 0 amide bonds. The number of aromatic nitrogens is 1. The zero-order valence-electron chi connectivity index (χ0n) is 31.1. The van der Waals surface area contributed by atoms with E-state index >= 15 is 0 Å². The van der Waals surface area contributed by atoms with E-state index in [9.17, 15) is 0 Å². The Hall–Kier alpha value is -6.65. The van der Waals surface area contributed by atoms with E-state index in [1.54, 1.807) is 0 Å². The van der Waals surface area contributed by atoms with Crippen molar-refractivity contribution in [2.24, 2.45) is 15.0 Å². The number of allylic oxidation sites excluding steroid dienone is 2. The fraction of sp³-hybridized carbons (Fsp3) is 0.118. The quantitative estimate of drug-likeness (QED) is 0.126. The molecule has 0 saturated carbocycles. The van der Waals surface area contributed by atoms with E-state index in [0.29, 0.717) is 18.2 Å². The molecule has 3 aliphatic rings. The standard InChI is InChI=1S/C51H40N4/c1-51(2)44-22-12-10-20-43(44)47-45(51)23-14-21-42-41-19-11-13-24-46(41)55(48(42)47)38-26-28-40-37(31-38)30-36-29-35(25-27-39(36)40)50(53-32-33-15-6-4-7-16-33)54-49(52-3)34-17-8-5-9-18-34/h4-22,24-29,31H,3,23,30,32H2,1-2H3/b53-50-,54-49-. The third-order valence-corrected chi connectivity index (χ3v) is 11.7. The van der Waals surface area contributed by atoms with E-state index in [1.807, 2.05) is 48.5 Å². The first kappa shape index (κ1) is 33.0. The molecule has 3 aliphatic carbocycles. The number of para-hydroxylation sites is 1. The largest absolute Gasteiger partial charge is 0.309 e. The molecule has 264 valence electrons. The maximum Gasteiger partial charge on any atom is 0.161 e. The SMILES string of the molecule is C=N/C(=N\C(=N/Cc1ccccc1)c1ccc2c(c1)Cc1cc(-n3c4c(c5ccccc53)C=CCC3=C4c4ccccc4C3(C)C)ccc1-2)c1ccccc1. The number of nitrogens with zero attached hydrogens (tertiary/aromatic N) is 4. The summed E-state index contributed by atoms with van der Waals surface area (Å²) in [6, 6.07) is 51.9. The maximum absolute atomic E-state index is 5.06. The summed E-state index contributed by atoms with van der Waals surface area (Å²) < 4.78 is 2.53. The molecule has 4 nitrogen and oxygen atoms in total. The van der Waals surface area contributed by atoms with Crippen LogP contribution in [0, 0.1) is 0 Å². The van der Waals surface area contributed by atoms with Gasteiger partial charge in [0.1, 0.15) is 0 Å². The Morgan fingerprint density at radius 3 is 2.22 bits per heavy atom. The van der Waals surface area contributed by atoms with Gasteiger partial charge in [-0.25, -0.2) is 9.98 Å². The fourth-order valence-electron chi connectivity index (χ4n) is 9.05. The van der Waals surface area contributed by atoms with E-state index < -0.39 is 0 Å². The summed E-state index contributed by atoms with van der Waals surface area (Å²) in [5.41, 5.74) is 18.7. The average Bonchev–Trinajstić information content (AvgIpc) is 3.76. The second-order valence-electron chi connectivity index (χ2n) is 15.2. The van der Waals surface area contributed by atoms with Gasteiger partial charge in [-0.05, 0) is 88.3 Å². The molecule has 6 aromatic carbocycles. The van der Waals surface area contributed by atoms with Gasteiger partial charge in [-0.15, -0.1) is 0 Å². The lowest BCUT2D eigenvalue weighted by Gasteiger charge is -2.24. The molecular weight excluding hydrogens is 669 g/mol. The molecule has 4 heteroatoms. The van der Waals surface area contributed by atoms with Crippen LogP contribution in [-0.2, 0) is 18.4 Å². The molecule has 0 fully saturated rings. The van der Waals surface area contributed by atoms with Crippen molar-refractivity contribution in [1.29, 1.82) is 0 Å². The Morgan fingerprint density at radius 1 is 0.691 bits per heavy atom. The van der Waals surface area contributed by atoms with E-state index in [0.717, 1.165) is 29.5 Å². The lowest BCUT2D eigenvalue weighted by Crippen LogP contribution is -2.16. The van der Waals surface area contributed by atoms with Crippen molar-refractivity contribution in [2.45, 2.75) is 38.6 Å². The Bertz CT molecular complexity index is 2810. The highest BCUT2D eigenvalue weighted by Crippen LogP contribution is 2.53. The van der Waals surface area contributed by atoms with Gasteiger partial charge in [-0.2, -0.15) is 0 Å². The van der Waals surface area contributed by atoms with Crippen LogP contribution in [0.5, 0.6) is 0 Å². The zero-order chi connectivity index (χ0) is 37.1. The van der Waals surface area contributed by atoms with Crippen LogP contribution in [0.3, 0.4) is 0 Å². The predicted molar refractivity (Wildman–Crippen MR) is 230 cm³/mol. The van der Waals surface area contributed by atoms with Crippen molar-refractivity contribution in [3.05, 3.63) is 207 Å². The normalized spacial score (nSPS) is 15.3. The number of fused-ring (bicyclic) bond motifs is 9. The van der Waals surface area contributed by atoms with Gasteiger partial charge < -0.3 is 4.57 Å². The maximum atomic E-state index is 5.06. The summed E-state index contributed by atoms with van der Waals surface area (Å²) in [4.78, 5) is 14.4. The van der Waals surface area contributed by atoms with Gasteiger partial charge in [-0.3, -0.25) is 4.99 Å². The molecule has 0 radical (unpaired) electrons. The topological polar surface area (TPSA) is 42.0 Å². The van der Waals surface area contributed by atoms with Gasteiger partial charge in [0.2, 0.25) is 0 Å². The van der Waals surface area contributed by atoms with Crippen LogP contribution in [0.15, 0.2) is 172 Å². The first-order chi connectivity index (χ1) is 27.0. The van der Waals surface area contributed by atoms with Crippen molar-refractivity contribution in [2.75, 3.05) is 0 Å². The lowest BCUT2D eigenvalue weighted by atomic mass is 9.80. The van der Waals surface area contributed by atoms with Crippen LogP contribution in [0.25, 0.3) is 39.4 Å². The fourth-order valence-corrected chi connectivity index (χ4v) is 9.05. The monoisotopic (exact) mass is 708 g/mol. The lowest BCUT2D eigenvalue weighted by molar-refractivity contribution is 0.626. The molecular formula is C51H40N4. The summed E-state index contributed by atoms with van der Waals surface area (Å²) in [6.07, 6.45) is 6.51. The van der Waals surface area contributed by atoms with E-state index in [-0.39, 0.29) is 5.41 Å². The highest BCUT2D eigenvalue weighted by molar-refractivity contribution is 6.13. The van der Waals surface area contributed by atoms with Crippen molar-refractivity contribution in [3.63, 3.8) is 0 Å². The van der Waals surface area contributed by atoms with Crippen LogP contribution in [-0.4, -0.2) is 23.0 Å². The molecule has 55 heavy (non-hydrogen) atoms. The van der Waals surface area contributed by atoms with Gasteiger partial charge in [0.25, 0.3) is 0 Å². The van der Waals surface area contributed by atoms with Crippen molar-refractivity contribution < 1.29 is 0 Å². The minimum atomic E-state index is -0.0483. The zero-order valence-corrected chi connectivity index (χ0v) is 31.1. The Morgan fingerprint density at radius 2 is 1.40 bits per heavy atom. The third kappa shape index (κ3) is 5.40. The minimum Gasteiger partial charge on any atom is -0.309 e. The molecule has 7 aromatic rings. The molecule has 0 N–H and O–H groups in total. The number of benzene rings is 6. The molecule has 0 saturated heterocycles. The van der Waals surface area contributed by atoms with Crippen LogP contribution < -0.4 is 0 Å². The Kier molecular flexibility index (Phi) is 7.81. The van der Waals surface area contributed by atoms with Gasteiger partial charge >= 0.3 is 0 Å². The smallest absolute Gasteiger partial charge is 0.161 e. The van der Waals surface area contributed by atoms with Crippen molar-refractivity contribution in [3.8, 4) is 16.8 Å². The van der Waals surface area contributed by atoms with Gasteiger partial charge in [0.05, 0.1) is 17.8 Å². The Balaban J connectivity index is 1.08. The van der Waals surface area contributed by atoms with Gasteiger partial charge in [0.15, 0.2) is 11.7 Å². The molecule has 0 unspecified atom stereocenters. The number of hydrogen-bond acceptors (Lipinski definition) is 1. The molecule has 1 heterocycles. The third-order valence-electron chi connectivity index (χ3n) is 11.7. The summed E-state index contributed by atoms with van der Waals surface area (Å²) in [5, 5.41) is 1.28. The predicted octanol–water partition coefficient (Wildman–Crippen LogP) is 11.8. The number of amidine groups is 2. The summed E-state index contributed by atoms with van der Waals surface area (Å²) >= 11 is 0. The number of aliphatic imine (C=N–C) groups is 3. The average molecular weight is 709 g/mol. The minimum absolute atomic E-state index is 0.0483. The van der Waals surface area contributed by atoms with Gasteiger partial charge in [0, 0.05) is 38.8 Å². The van der Waals surface area contributed by atoms with E-state index in [4.69, 9.17) is 9.98 Å². The molecule has 0 bridgehead atoms. The summed E-state index contributed by atoms with van der Waals surface area (Å²) in [7, 11) is 0. The first-order valence-corrected chi connectivity index (χ1v) is 19.1. The molecule has 10 rings (SSSR count). The molecule has 0 aliphatic heterocycles. The number of rotatable bonds is 5. The van der Waals surface area contributed by atoms with Crippen LogP contribution in [0.4, 0.5) is 0 Å². The summed E-state index contributed by atoms with van der Waals surface area (Å²) in [6.45, 7) is 9.16. The second kappa shape index (κ2) is 13.0. The van der Waals surface area contributed by atoms with Crippen molar-refractivity contribution >= 4 is 40.9 Å². The Labute approximate surface area is 322 Å². The van der Waals surface area contributed by atoms with Crippen LogP contribution >= 0.6 is 0 Å². The first-order valence-electron chi connectivity index (χ1n) is 19.1. The van der Waals surface area contributed by atoms with Gasteiger partial charge in [-0.1, -0.05) is 147 Å². The van der Waals surface area contributed by atoms with E-state index in [1.165, 1.54) is 72.4 Å². The molecule has 0 spiro atoms. The highest BCUT2D eigenvalue weighted by Gasteiger charge is 2.40. The molecule has 0 atom stereocenters. The summed E-state index contributed by atoms with van der Waals surface area (Å²) in [5.74, 6) is 1.20.